The summed E-state index contributed by atoms with van der Waals surface area (Å²) >= 11 is 6.83. The van der Waals surface area contributed by atoms with Crippen molar-refractivity contribution in [3.63, 3.8) is 0 Å². The number of ether oxygens (including phenoxy) is 2. The molecule has 1 fully saturated rings. The maximum atomic E-state index is 12.8. The van der Waals surface area contributed by atoms with E-state index in [0.717, 1.165) is 25.9 Å². The average molecular weight is 507 g/mol. The third-order valence-corrected chi connectivity index (χ3v) is 7.07. The monoisotopic (exact) mass is 506 g/mol. The highest BCUT2D eigenvalue weighted by Gasteiger charge is 2.28. The molecule has 0 radical (unpaired) electrons. The molecule has 3 rings (SSSR count). The van der Waals surface area contributed by atoms with Crippen LogP contribution in [0.15, 0.2) is 29.8 Å². The van der Waals surface area contributed by atoms with Crippen molar-refractivity contribution in [2.45, 2.75) is 38.5 Å². The number of benzene rings is 1. The van der Waals surface area contributed by atoms with Crippen LogP contribution < -0.4 is 20.1 Å². The van der Waals surface area contributed by atoms with Crippen molar-refractivity contribution in [3.8, 4) is 11.5 Å². The quantitative estimate of drug-likeness (QED) is 0.368. The van der Waals surface area contributed by atoms with E-state index in [2.05, 4.69) is 16.7 Å². The highest BCUT2D eigenvalue weighted by atomic mass is 32.2. The molecule has 0 aromatic heterocycles. The Bertz CT molecular complexity index is 909. The van der Waals surface area contributed by atoms with Gasteiger partial charge >= 0.3 is 0 Å². The summed E-state index contributed by atoms with van der Waals surface area (Å²) in [5, 5.41) is 10.3. The molecule has 1 aliphatic carbocycles. The molecule has 34 heavy (non-hydrogen) atoms. The Morgan fingerprint density at radius 2 is 1.91 bits per heavy atom. The van der Waals surface area contributed by atoms with Crippen molar-refractivity contribution in [1.82, 2.24) is 15.3 Å². The Morgan fingerprint density at radius 1 is 1.09 bits per heavy atom. The lowest BCUT2D eigenvalue weighted by molar-refractivity contribution is -0.135. The number of rotatable bonds is 10. The third kappa shape index (κ3) is 7.53. The number of nitrogens with one attached hydrogen (secondary N) is 2. The summed E-state index contributed by atoms with van der Waals surface area (Å²) in [7, 11) is 3.10. The minimum Gasteiger partial charge on any atom is -0.497 e. The van der Waals surface area contributed by atoms with Crippen LogP contribution in [0, 0.1) is 0 Å². The summed E-state index contributed by atoms with van der Waals surface area (Å²) in [5.74, 6) is 1.26. The zero-order valence-electron chi connectivity index (χ0n) is 19.9. The number of carbonyl (C=O) groups is 2. The Labute approximate surface area is 211 Å². The van der Waals surface area contributed by atoms with Crippen molar-refractivity contribution in [1.29, 1.82) is 0 Å². The van der Waals surface area contributed by atoms with Gasteiger partial charge in [0.2, 0.25) is 5.91 Å². The van der Waals surface area contributed by atoms with Crippen molar-refractivity contribution < 1.29 is 19.1 Å². The Balaban J connectivity index is 1.41. The van der Waals surface area contributed by atoms with Crippen LogP contribution in [0.4, 0.5) is 5.69 Å². The fourth-order valence-electron chi connectivity index (χ4n) is 4.04. The first-order chi connectivity index (χ1) is 16.5. The van der Waals surface area contributed by atoms with Crippen LogP contribution in [0.3, 0.4) is 0 Å². The van der Waals surface area contributed by atoms with E-state index in [0.29, 0.717) is 28.8 Å². The lowest BCUT2D eigenvalue weighted by Gasteiger charge is -2.30. The summed E-state index contributed by atoms with van der Waals surface area (Å²) in [6.45, 7) is 2.15. The van der Waals surface area contributed by atoms with Gasteiger partial charge in [0.15, 0.2) is 5.11 Å². The third-order valence-electron chi connectivity index (χ3n) is 5.80. The van der Waals surface area contributed by atoms with Gasteiger partial charge in [-0.1, -0.05) is 11.6 Å². The molecule has 0 bridgehead atoms. The molecule has 1 aromatic rings. The molecule has 8 nitrogen and oxygen atoms in total. The highest BCUT2D eigenvalue weighted by Crippen LogP contribution is 2.29. The Morgan fingerprint density at radius 3 is 2.65 bits per heavy atom. The second-order valence-corrected chi connectivity index (χ2v) is 9.56. The highest BCUT2D eigenvalue weighted by molar-refractivity contribution is 8.00. The summed E-state index contributed by atoms with van der Waals surface area (Å²) in [5.41, 5.74) is 2.03. The van der Waals surface area contributed by atoms with E-state index in [1.165, 1.54) is 43.0 Å². The molecule has 1 saturated heterocycles. The summed E-state index contributed by atoms with van der Waals surface area (Å²) in [6, 6.07) is 5.19. The molecule has 0 atom stereocenters. The van der Waals surface area contributed by atoms with E-state index in [9.17, 15) is 9.59 Å². The number of nitrogens with zero attached hydrogens (tertiary/aromatic N) is 2. The Hall–Kier alpha value is -2.46. The first-order valence-electron chi connectivity index (χ1n) is 11.6. The number of thiocarbonyl (C=S) groups is 1. The maximum absolute atomic E-state index is 12.8. The second kappa shape index (κ2) is 13.4. The molecule has 2 amide bonds. The summed E-state index contributed by atoms with van der Waals surface area (Å²) < 4.78 is 10.5. The molecule has 0 saturated carbocycles. The predicted molar refractivity (Wildman–Crippen MR) is 140 cm³/mol. The van der Waals surface area contributed by atoms with E-state index in [-0.39, 0.29) is 23.3 Å². The van der Waals surface area contributed by atoms with Crippen LogP contribution in [0.5, 0.6) is 11.5 Å². The molecule has 0 unspecified atom stereocenters. The van der Waals surface area contributed by atoms with Gasteiger partial charge in [-0.2, -0.15) is 0 Å². The average Bonchev–Trinajstić information content (AvgIpc) is 3.35. The fourth-order valence-corrected chi connectivity index (χ4v) is 5.01. The first-order valence-corrected chi connectivity index (χ1v) is 13.2. The summed E-state index contributed by atoms with van der Waals surface area (Å²) in [4.78, 5) is 25.2. The molecule has 2 aliphatic rings. The molecular formula is C24H34N4O4S2. The van der Waals surface area contributed by atoms with Crippen molar-refractivity contribution in [2.75, 3.05) is 50.7 Å². The lowest BCUT2D eigenvalue weighted by Crippen LogP contribution is -2.49. The van der Waals surface area contributed by atoms with Gasteiger partial charge in [-0.25, -0.2) is 0 Å². The molecule has 1 heterocycles. The predicted octanol–water partition coefficient (Wildman–Crippen LogP) is 3.59. The van der Waals surface area contributed by atoms with E-state index in [1.54, 1.807) is 37.4 Å². The topological polar surface area (TPSA) is 83.1 Å². The molecule has 1 aliphatic heterocycles. The van der Waals surface area contributed by atoms with Gasteiger partial charge in [-0.05, 0) is 62.9 Å². The smallest absolute Gasteiger partial charge is 0.251 e. The number of hydrogen-bond donors (Lipinski definition) is 2. The number of methoxy groups -OCH3 is 2. The Kier molecular flexibility index (Phi) is 10.3. The molecule has 1 aromatic carbocycles. The first kappa shape index (κ1) is 26.2. The lowest BCUT2D eigenvalue weighted by atomic mass is 9.97. The number of carbonyl (C=O) groups excluding carboxylic acids is 2. The van der Waals surface area contributed by atoms with E-state index < -0.39 is 0 Å². The van der Waals surface area contributed by atoms with Crippen LogP contribution >= 0.6 is 24.0 Å². The van der Waals surface area contributed by atoms with Gasteiger partial charge in [-0.3, -0.25) is 19.6 Å². The largest absolute Gasteiger partial charge is 0.497 e. The van der Waals surface area contributed by atoms with Crippen molar-refractivity contribution in [3.05, 3.63) is 29.8 Å². The minimum atomic E-state index is -0.211. The van der Waals surface area contributed by atoms with Crippen LogP contribution in [-0.4, -0.2) is 72.3 Å². The van der Waals surface area contributed by atoms with E-state index >= 15 is 0 Å². The molecule has 0 spiro atoms. The van der Waals surface area contributed by atoms with Gasteiger partial charge in [0.25, 0.3) is 5.91 Å². The molecule has 186 valence electrons. The van der Waals surface area contributed by atoms with Crippen LogP contribution in [0.2, 0.25) is 0 Å². The van der Waals surface area contributed by atoms with Crippen molar-refractivity contribution >= 4 is 46.6 Å². The van der Waals surface area contributed by atoms with Crippen molar-refractivity contribution in [2.24, 2.45) is 0 Å². The molecular weight excluding hydrogens is 472 g/mol. The number of thioether (sulfide) groups is 1. The standard InChI is InChI=1S/C24H34N4O4S2/c1-31-19-9-10-21(32-2)20(15-19)26-22(29)16-34-17-23(30)27-13-6-14-28(27)24(33)25-12-11-18-7-4-3-5-8-18/h7,9-10,15H,3-6,8,11-14,16-17H2,1-2H3,(H,25,33)(H,26,29). The number of allylic oxidation sites excluding steroid dienone is 1. The van der Waals surface area contributed by atoms with Gasteiger partial charge in [0.1, 0.15) is 11.5 Å². The van der Waals surface area contributed by atoms with Gasteiger partial charge < -0.3 is 20.1 Å². The van der Waals surface area contributed by atoms with Gasteiger partial charge in [0.05, 0.1) is 31.4 Å². The number of anilines is 1. The summed E-state index contributed by atoms with van der Waals surface area (Å²) in [6.07, 6.45) is 9.12. The van der Waals surface area contributed by atoms with E-state index in [4.69, 9.17) is 21.7 Å². The zero-order chi connectivity index (χ0) is 24.3. The van der Waals surface area contributed by atoms with Crippen LogP contribution in [0.25, 0.3) is 0 Å². The fraction of sp³-hybridized carbons (Fsp3) is 0.542. The molecule has 10 heteroatoms. The zero-order valence-corrected chi connectivity index (χ0v) is 21.6. The number of amides is 2. The van der Waals surface area contributed by atoms with Crippen LogP contribution in [-0.2, 0) is 9.59 Å². The van der Waals surface area contributed by atoms with E-state index in [1.807, 2.05) is 5.01 Å². The second-order valence-electron chi connectivity index (χ2n) is 8.19. The van der Waals surface area contributed by atoms with Gasteiger partial charge in [-0.15, -0.1) is 11.8 Å². The number of hydrogen-bond acceptors (Lipinski definition) is 6. The van der Waals surface area contributed by atoms with Crippen LogP contribution in [0.1, 0.15) is 38.5 Å². The van der Waals surface area contributed by atoms with Gasteiger partial charge in [0, 0.05) is 25.7 Å². The minimum absolute atomic E-state index is 0.0478. The molecule has 2 N–H and O–H groups in total. The number of hydrazine groups is 1. The normalized spacial score (nSPS) is 15.5. The SMILES string of the molecule is COc1ccc(OC)c(NC(=O)CSCC(=O)N2CCCN2C(=S)NCCC2=CCCCC2)c1. The maximum Gasteiger partial charge on any atom is 0.251 e.